The molecule has 1 fully saturated rings. The maximum absolute atomic E-state index is 12.4. The maximum Gasteiger partial charge on any atom is 0.238 e. The van der Waals surface area contributed by atoms with Gasteiger partial charge in [-0.2, -0.15) is 0 Å². The van der Waals surface area contributed by atoms with Crippen LogP contribution in [-0.2, 0) is 9.59 Å². The number of rotatable bonds is 6. The monoisotopic (exact) mass is 381 g/mol. The smallest absolute Gasteiger partial charge is 0.238 e. The highest BCUT2D eigenvalue weighted by molar-refractivity contribution is 5.92. The summed E-state index contributed by atoms with van der Waals surface area (Å²) < 4.78 is 5.76. The second-order valence-corrected chi connectivity index (χ2v) is 6.85. The average molecular weight is 381 g/mol. The number of nitrogens with zero attached hydrogens (tertiary/aromatic N) is 2. The molecule has 1 N–H and O–H groups in total. The van der Waals surface area contributed by atoms with Crippen molar-refractivity contribution in [1.29, 1.82) is 0 Å². The molecule has 1 aliphatic heterocycles. The van der Waals surface area contributed by atoms with Gasteiger partial charge in [0.25, 0.3) is 0 Å². The van der Waals surface area contributed by atoms with Crippen LogP contribution in [0, 0.1) is 0 Å². The highest BCUT2D eigenvalue weighted by Gasteiger charge is 2.19. The number of ether oxygens (including phenoxy) is 1. The molecule has 2 aromatic rings. The standard InChI is InChI=1S/C22H27N3O3/c1-2-22(27)25-14-6-13-24(15-16-25)17-21(26)23-18-9-11-20(12-10-18)28-19-7-4-3-5-8-19/h3-5,7-12H,2,6,13-17H2,1H3,(H,23,26). The molecule has 0 aliphatic carbocycles. The summed E-state index contributed by atoms with van der Waals surface area (Å²) in [5, 5.41) is 2.93. The quantitative estimate of drug-likeness (QED) is 0.833. The van der Waals surface area contributed by atoms with Gasteiger partial charge < -0.3 is 15.0 Å². The Balaban J connectivity index is 1.47. The molecule has 0 bridgehead atoms. The molecule has 2 aromatic carbocycles. The van der Waals surface area contributed by atoms with Crippen LogP contribution in [0.4, 0.5) is 5.69 Å². The average Bonchev–Trinajstić information content (AvgIpc) is 2.95. The van der Waals surface area contributed by atoms with E-state index >= 15 is 0 Å². The Morgan fingerprint density at radius 3 is 2.36 bits per heavy atom. The second-order valence-electron chi connectivity index (χ2n) is 6.85. The highest BCUT2D eigenvalue weighted by Crippen LogP contribution is 2.22. The minimum absolute atomic E-state index is 0.0491. The van der Waals surface area contributed by atoms with E-state index in [1.165, 1.54) is 0 Å². The lowest BCUT2D eigenvalue weighted by Gasteiger charge is -2.21. The predicted molar refractivity (Wildman–Crippen MR) is 110 cm³/mol. The van der Waals surface area contributed by atoms with Crippen LogP contribution in [0.25, 0.3) is 0 Å². The van der Waals surface area contributed by atoms with Gasteiger partial charge >= 0.3 is 0 Å². The normalized spacial score (nSPS) is 15.0. The number of para-hydroxylation sites is 1. The van der Waals surface area contributed by atoms with Crippen LogP contribution < -0.4 is 10.1 Å². The van der Waals surface area contributed by atoms with E-state index in [-0.39, 0.29) is 11.8 Å². The molecular weight excluding hydrogens is 354 g/mol. The van der Waals surface area contributed by atoms with Crippen LogP contribution in [-0.4, -0.2) is 54.3 Å². The van der Waals surface area contributed by atoms with Gasteiger partial charge in [-0.25, -0.2) is 0 Å². The first-order valence-electron chi connectivity index (χ1n) is 9.77. The van der Waals surface area contributed by atoms with Gasteiger partial charge in [-0.05, 0) is 42.8 Å². The van der Waals surface area contributed by atoms with E-state index in [0.717, 1.165) is 43.2 Å². The summed E-state index contributed by atoms with van der Waals surface area (Å²) in [5.74, 6) is 1.63. The first-order valence-corrected chi connectivity index (χ1v) is 9.77. The number of carbonyl (C=O) groups excluding carboxylic acids is 2. The number of carbonyl (C=O) groups is 2. The lowest BCUT2D eigenvalue weighted by Crippen LogP contribution is -2.37. The summed E-state index contributed by atoms with van der Waals surface area (Å²) in [7, 11) is 0. The Morgan fingerprint density at radius 2 is 1.64 bits per heavy atom. The van der Waals surface area contributed by atoms with Crippen LogP contribution in [0.15, 0.2) is 54.6 Å². The van der Waals surface area contributed by atoms with E-state index in [1.54, 1.807) is 0 Å². The van der Waals surface area contributed by atoms with Gasteiger partial charge in [0.1, 0.15) is 11.5 Å². The van der Waals surface area contributed by atoms with Crippen molar-refractivity contribution in [1.82, 2.24) is 9.80 Å². The van der Waals surface area contributed by atoms with E-state index in [9.17, 15) is 9.59 Å². The predicted octanol–water partition coefficient (Wildman–Crippen LogP) is 3.36. The number of amides is 2. The van der Waals surface area contributed by atoms with Crippen LogP contribution >= 0.6 is 0 Å². The van der Waals surface area contributed by atoms with Gasteiger partial charge in [0.05, 0.1) is 6.54 Å². The molecule has 6 heteroatoms. The SMILES string of the molecule is CCC(=O)N1CCCN(CC(=O)Nc2ccc(Oc3ccccc3)cc2)CC1. The molecule has 6 nitrogen and oxygen atoms in total. The van der Waals surface area contributed by atoms with Crippen molar-refractivity contribution in [2.45, 2.75) is 19.8 Å². The lowest BCUT2D eigenvalue weighted by molar-refractivity contribution is -0.130. The molecule has 0 radical (unpaired) electrons. The van der Waals surface area contributed by atoms with E-state index in [0.29, 0.717) is 19.5 Å². The fourth-order valence-electron chi connectivity index (χ4n) is 3.24. The van der Waals surface area contributed by atoms with Crippen molar-refractivity contribution in [2.75, 3.05) is 38.0 Å². The summed E-state index contributed by atoms with van der Waals surface area (Å²) in [6, 6.07) is 16.9. The molecule has 1 saturated heterocycles. The molecule has 0 atom stereocenters. The Morgan fingerprint density at radius 1 is 0.929 bits per heavy atom. The van der Waals surface area contributed by atoms with Crippen LogP contribution in [0.3, 0.4) is 0 Å². The third kappa shape index (κ3) is 5.82. The highest BCUT2D eigenvalue weighted by atomic mass is 16.5. The third-order valence-electron chi connectivity index (χ3n) is 4.73. The summed E-state index contributed by atoms with van der Waals surface area (Å²) in [6.07, 6.45) is 1.43. The molecule has 3 rings (SSSR count). The topological polar surface area (TPSA) is 61.9 Å². The zero-order valence-electron chi connectivity index (χ0n) is 16.3. The molecule has 148 valence electrons. The summed E-state index contributed by atoms with van der Waals surface area (Å²) in [6.45, 7) is 5.22. The van der Waals surface area contributed by atoms with Crippen molar-refractivity contribution in [3.63, 3.8) is 0 Å². The molecule has 2 amide bonds. The molecule has 1 heterocycles. The van der Waals surface area contributed by atoms with Crippen LogP contribution in [0.2, 0.25) is 0 Å². The number of nitrogens with one attached hydrogen (secondary N) is 1. The van der Waals surface area contributed by atoms with Gasteiger partial charge in [0.2, 0.25) is 11.8 Å². The fourth-order valence-corrected chi connectivity index (χ4v) is 3.24. The molecule has 0 saturated carbocycles. The summed E-state index contributed by atoms with van der Waals surface area (Å²) >= 11 is 0. The number of benzene rings is 2. The Hall–Kier alpha value is -2.86. The largest absolute Gasteiger partial charge is 0.457 e. The van der Waals surface area contributed by atoms with Crippen LogP contribution in [0.1, 0.15) is 19.8 Å². The molecule has 1 aliphatic rings. The van der Waals surface area contributed by atoms with Gasteiger partial charge in [-0.1, -0.05) is 25.1 Å². The maximum atomic E-state index is 12.4. The van der Waals surface area contributed by atoms with E-state index < -0.39 is 0 Å². The third-order valence-corrected chi connectivity index (χ3v) is 4.73. The molecule has 0 unspecified atom stereocenters. The minimum atomic E-state index is -0.0491. The van der Waals surface area contributed by atoms with Gasteiger partial charge in [-0.15, -0.1) is 0 Å². The zero-order valence-corrected chi connectivity index (χ0v) is 16.3. The van der Waals surface area contributed by atoms with Gasteiger partial charge in [0.15, 0.2) is 0 Å². The van der Waals surface area contributed by atoms with Crippen molar-refractivity contribution in [3.05, 3.63) is 54.6 Å². The Labute approximate surface area is 166 Å². The van der Waals surface area contributed by atoms with Crippen molar-refractivity contribution < 1.29 is 14.3 Å². The van der Waals surface area contributed by atoms with Gasteiger partial charge in [0, 0.05) is 38.3 Å². The zero-order chi connectivity index (χ0) is 19.8. The molecule has 0 spiro atoms. The van der Waals surface area contributed by atoms with Crippen LogP contribution in [0.5, 0.6) is 11.5 Å². The number of hydrogen-bond donors (Lipinski definition) is 1. The van der Waals surface area contributed by atoms with E-state index in [4.69, 9.17) is 4.74 Å². The van der Waals surface area contributed by atoms with Crippen molar-refractivity contribution >= 4 is 17.5 Å². The molecule has 0 aromatic heterocycles. The summed E-state index contributed by atoms with van der Waals surface area (Å²) in [5.41, 5.74) is 0.739. The van der Waals surface area contributed by atoms with Crippen molar-refractivity contribution in [3.8, 4) is 11.5 Å². The molecular formula is C22H27N3O3. The number of anilines is 1. The summed E-state index contributed by atoms with van der Waals surface area (Å²) in [4.78, 5) is 28.2. The van der Waals surface area contributed by atoms with E-state index in [1.807, 2.05) is 66.4 Å². The Bertz CT molecular complexity index is 777. The Kier molecular flexibility index (Phi) is 7.03. The number of hydrogen-bond acceptors (Lipinski definition) is 4. The fraction of sp³-hybridized carbons (Fsp3) is 0.364. The first-order chi connectivity index (χ1) is 13.6. The first kappa shape index (κ1) is 19.9. The molecule has 28 heavy (non-hydrogen) atoms. The second kappa shape index (κ2) is 9.90. The van der Waals surface area contributed by atoms with Crippen molar-refractivity contribution in [2.24, 2.45) is 0 Å². The van der Waals surface area contributed by atoms with Gasteiger partial charge in [-0.3, -0.25) is 14.5 Å². The lowest BCUT2D eigenvalue weighted by atomic mass is 10.3. The van der Waals surface area contributed by atoms with E-state index in [2.05, 4.69) is 10.2 Å². The minimum Gasteiger partial charge on any atom is -0.457 e.